The van der Waals surface area contributed by atoms with Gasteiger partial charge in [0.15, 0.2) is 11.2 Å². The van der Waals surface area contributed by atoms with Gasteiger partial charge in [-0.2, -0.15) is 0 Å². The van der Waals surface area contributed by atoms with Crippen LogP contribution in [0, 0.1) is 0 Å². The van der Waals surface area contributed by atoms with Gasteiger partial charge in [0.2, 0.25) is 5.91 Å². The molecule has 4 aromatic rings. The Labute approximate surface area is 202 Å². The van der Waals surface area contributed by atoms with Crippen LogP contribution in [-0.4, -0.2) is 24.6 Å². The number of amides is 1. The van der Waals surface area contributed by atoms with Crippen molar-refractivity contribution in [2.75, 3.05) is 16.4 Å². The average Bonchev–Trinajstić information content (AvgIpc) is 3.21. The van der Waals surface area contributed by atoms with Gasteiger partial charge >= 0.3 is 5.69 Å². The molecule has 0 saturated heterocycles. The summed E-state index contributed by atoms with van der Waals surface area (Å²) in [5.74, 6) is -0.333. The van der Waals surface area contributed by atoms with Crippen LogP contribution in [0.25, 0.3) is 11.2 Å². The molecule has 0 aliphatic rings. The number of alkyl halides is 1. The van der Waals surface area contributed by atoms with Crippen molar-refractivity contribution >= 4 is 56.7 Å². The number of fused-ring (bicyclic) bond motifs is 1. The second-order valence-corrected chi connectivity index (χ2v) is 8.73. The number of carbonyl (C=O) groups is 1. The molecule has 2 aromatic heterocycles. The lowest BCUT2D eigenvalue weighted by atomic mass is 10.1. The third-order valence-corrected chi connectivity index (χ3v) is 6.26. The summed E-state index contributed by atoms with van der Waals surface area (Å²) in [6.07, 6.45) is 1.39. The Kier molecular flexibility index (Phi) is 6.22. The van der Waals surface area contributed by atoms with Gasteiger partial charge in [-0.3, -0.25) is 18.7 Å². The highest BCUT2D eigenvalue weighted by molar-refractivity contribution is 14.1. The second-order valence-electron chi connectivity index (χ2n) is 7.48. The van der Waals surface area contributed by atoms with Gasteiger partial charge in [-0.15, -0.1) is 0 Å². The number of aromatic nitrogens is 4. The van der Waals surface area contributed by atoms with E-state index in [1.165, 1.54) is 29.6 Å². The molecule has 10 nitrogen and oxygen atoms in total. The van der Waals surface area contributed by atoms with Crippen molar-refractivity contribution in [1.29, 1.82) is 0 Å². The van der Waals surface area contributed by atoms with Crippen molar-refractivity contribution in [3.63, 3.8) is 0 Å². The molecule has 33 heavy (non-hydrogen) atoms. The highest BCUT2D eigenvalue weighted by atomic mass is 127. The van der Waals surface area contributed by atoms with E-state index < -0.39 is 11.2 Å². The minimum Gasteiger partial charge on any atom is -0.397 e. The average molecular weight is 559 g/mol. The van der Waals surface area contributed by atoms with Gasteiger partial charge < -0.3 is 20.9 Å². The number of aryl methyl sites for hydroxylation is 1. The molecule has 4 N–H and O–H groups in total. The van der Waals surface area contributed by atoms with Crippen LogP contribution < -0.4 is 27.6 Å². The molecule has 2 heterocycles. The highest BCUT2D eigenvalue weighted by Gasteiger charge is 2.18. The molecule has 0 aliphatic carbocycles. The molecule has 0 spiro atoms. The number of anilines is 3. The van der Waals surface area contributed by atoms with E-state index in [1.54, 1.807) is 0 Å². The quantitative estimate of drug-likeness (QED) is 0.144. The lowest BCUT2D eigenvalue weighted by Crippen LogP contribution is -2.37. The SMILES string of the molecule is Cn1c(=O)c2c(ncn2CC(=O)Nc2ccccc2C(I)Nc2ccccc2N)n(C)c1=O. The fraction of sp³-hybridized carbons (Fsp3) is 0.182. The predicted octanol–water partition coefficient (Wildman–Crippen LogP) is 2.20. The van der Waals surface area contributed by atoms with E-state index in [0.29, 0.717) is 11.4 Å². The van der Waals surface area contributed by atoms with Gasteiger partial charge in [0.05, 0.1) is 17.7 Å². The van der Waals surface area contributed by atoms with Crippen molar-refractivity contribution in [3.05, 3.63) is 81.3 Å². The molecule has 1 atom stereocenters. The normalized spacial score (nSPS) is 12.0. The Morgan fingerprint density at radius 2 is 1.73 bits per heavy atom. The van der Waals surface area contributed by atoms with Gasteiger partial charge in [0, 0.05) is 25.3 Å². The van der Waals surface area contributed by atoms with Gasteiger partial charge in [0.25, 0.3) is 5.56 Å². The zero-order valence-electron chi connectivity index (χ0n) is 17.9. The maximum Gasteiger partial charge on any atom is 0.332 e. The smallest absolute Gasteiger partial charge is 0.332 e. The van der Waals surface area contributed by atoms with Gasteiger partial charge in [-0.25, -0.2) is 9.78 Å². The lowest BCUT2D eigenvalue weighted by Gasteiger charge is -2.19. The number of imidazole rings is 1. The number of benzene rings is 2. The lowest BCUT2D eigenvalue weighted by molar-refractivity contribution is -0.116. The first kappa shape index (κ1) is 22.6. The molecule has 0 saturated carbocycles. The van der Waals surface area contributed by atoms with Gasteiger partial charge in [-0.05, 0) is 18.2 Å². The van der Waals surface area contributed by atoms with E-state index in [9.17, 15) is 14.4 Å². The van der Waals surface area contributed by atoms with Gasteiger partial charge in [-0.1, -0.05) is 52.9 Å². The molecule has 1 unspecified atom stereocenters. The fourth-order valence-corrected chi connectivity index (χ4v) is 4.41. The summed E-state index contributed by atoms with van der Waals surface area (Å²) in [5.41, 5.74) is 8.40. The Bertz CT molecular complexity index is 1470. The first-order chi connectivity index (χ1) is 15.8. The first-order valence-electron chi connectivity index (χ1n) is 10.0. The largest absolute Gasteiger partial charge is 0.397 e. The van der Waals surface area contributed by atoms with Crippen molar-refractivity contribution in [2.45, 2.75) is 10.6 Å². The number of rotatable bonds is 6. The van der Waals surface area contributed by atoms with Crippen LogP contribution in [0.3, 0.4) is 0 Å². The van der Waals surface area contributed by atoms with E-state index in [4.69, 9.17) is 5.73 Å². The van der Waals surface area contributed by atoms with E-state index in [2.05, 4.69) is 38.2 Å². The standard InChI is InChI=1S/C22H22IN7O3/c1-28-20-18(21(32)29(2)22(28)33)30(12-25-20)11-17(31)26-15-9-5-3-7-13(15)19(23)27-16-10-6-4-8-14(16)24/h3-10,12,19,27H,11,24H2,1-2H3,(H,26,31). The Morgan fingerprint density at radius 1 is 1.06 bits per heavy atom. The summed E-state index contributed by atoms with van der Waals surface area (Å²) in [6.45, 7) is -0.136. The number of nitrogens with one attached hydrogen (secondary N) is 2. The van der Waals surface area contributed by atoms with Crippen LogP contribution in [0.5, 0.6) is 0 Å². The molecule has 2 aromatic carbocycles. The Morgan fingerprint density at radius 3 is 2.45 bits per heavy atom. The number of carbonyl (C=O) groups excluding carboxylic acids is 1. The maximum absolute atomic E-state index is 12.9. The van der Waals surface area contributed by atoms with E-state index >= 15 is 0 Å². The summed E-state index contributed by atoms with van der Waals surface area (Å²) in [6, 6.07) is 14.9. The minimum atomic E-state index is -0.504. The summed E-state index contributed by atoms with van der Waals surface area (Å²) in [5, 5.41) is 6.27. The van der Waals surface area contributed by atoms with Crippen molar-refractivity contribution in [2.24, 2.45) is 14.1 Å². The zero-order chi connectivity index (χ0) is 23.7. The summed E-state index contributed by atoms with van der Waals surface area (Å²) in [4.78, 5) is 41.7. The van der Waals surface area contributed by atoms with Crippen molar-refractivity contribution in [3.8, 4) is 0 Å². The Hall–Kier alpha value is -3.61. The van der Waals surface area contributed by atoms with E-state index in [0.717, 1.165) is 15.8 Å². The maximum atomic E-state index is 12.9. The minimum absolute atomic E-state index is 0.136. The predicted molar refractivity (Wildman–Crippen MR) is 137 cm³/mol. The van der Waals surface area contributed by atoms with Crippen molar-refractivity contribution in [1.82, 2.24) is 18.7 Å². The molecule has 0 bridgehead atoms. The fourth-order valence-electron chi connectivity index (χ4n) is 3.54. The monoisotopic (exact) mass is 559 g/mol. The number of nitrogens with two attached hydrogens (primary N) is 1. The van der Waals surface area contributed by atoms with Crippen LogP contribution >= 0.6 is 22.6 Å². The highest BCUT2D eigenvalue weighted by Crippen LogP contribution is 2.32. The second kappa shape index (κ2) is 9.10. The Balaban J connectivity index is 1.58. The van der Waals surface area contributed by atoms with Crippen LogP contribution in [0.2, 0.25) is 0 Å². The molecule has 1 amide bonds. The van der Waals surface area contributed by atoms with E-state index in [-0.39, 0.29) is 27.7 Å². The third-order valence-electron chi connectivity index (χ3n) is 5.28. The molecule has 170 valence electrons. The molecule has 11 heteroatoms. The van der Waals surface area contributed by atoms with Crippen LogP contribution in [0.1, 0.15) is 9.61 Å². The number of nitrogen functional groups attached to an aromatic ring is 1. The third kappa shape index (κ3) is 4.35. The summed E-state index contributed by atoms with van der Waals surface area (Å²) < 4.78 is 3.55. The van der Waals surface area contributed by atoms with E-state index in [1.807, 2.05) is 48.5 Å². The zero-order valence-corrected chi connectivity index (χ0v) is 20.1. The van der Waals surface area contributed by atoms with Crippen LogP contribution in [-0.2, 0) is 25.4 Å². The molecule has 0 aliphatic heterocycles. The molecular formula is C22H22IN7O3. The van der Waals surface area contributed by atoms with Gasteiger partial charge in [0.1, 0.15) is 10.6 Å². The van der Waals surface area contributed by atoms with Crippen molar-refractivity contribution < 1.29 is 4.79 Å². The molecular weight excluding hydrogens is 537 g/mol. The number of halogens is 1. The number of para-hydroxylation sites is 3. The summed E-state index contributed by atoms with van der Waals surface area (Å²) in [7, 11) is 2.93. The van der Waals surface area contributed by atoms with Crippen LogP contribution in [0.15, 0.2) is 64.4 Å². The number of hydrogen-bond donors (Lipinski definition) is 3. The van der Waals surface area contributed by atoms with Crippen LogP contribution in [0.4, 0.5) is 17.1 Å². The summed E-state index contributed by atoms with van der Waals surface area (Å²) >= 11 is 2.24. The first-order valence-corrected chi connectivity index (χ1v) is 11.3. The number of hydrogen-bond acceptors (Lipinski definition) is 6. The molecule has 4 rings (SSSR count). The molecule has 0 radical (unpaired) electrons. The number of nitrogens with zero attached hydrogens (tertiary/aromatic N) is 4. The molecule has 0 fully saturated rings. The topological polar surface area (TPSA) is 129 Å².